The van der Waals surface area contributed by atoms with Crippen LogP contribution in [0.3, 0.4) is 0 Å². The van der Waals surface area contributed by atoms with E-state index in [2.05, 4.69) is 81.2 Å². The van der Waals surface area contributed by atoms with Crippen molar-refractivity contribution in [1.29, 1.82) is 0 Å². The van der Waals surface area contributed by atoms with Crippen LogP contribution in [0, 0.1) is 6.92 Å². The zero-order valence-corrected chi connectivity index (χ0v) is 21.7. The normalized spacial score (nSPS) is 11.5. The number of ether oxygens (including phenoxy) is 1. The molecule has 0 atom stereocenters. The van der Waals surface area contributed by atoms with Gasteiger partial charge in [0.2, 0.25) is 0 Å². The average molecular weight is 573 g/mol. The first-order chi connectivity index (χ1) is 16.5. The topological polar surface area (TPSA) is 39.9 Å². The molecule has 2 aromatic heterocycles. The molecular weight excluding hydrogens is 554 g/mol. The number of aryl methyl sites for hydroxylation is 1. The molecule has 0 fully saturated rings. The van der Waals surface area contributed by atoms with Gasteiger partial charge in [-0.3, -0.25) is 0 Å². The van der Waals surface area contributed by atoms with Crippen LogP contribution in [0.4, 0.5) is 0 Å². The summed E-state index contributed by atoms with van der Waals surface area (Å²) in [6.45, 7) is 2.15. The van der Waals surface area contributed by atoms with Crippen molar-refractivity contribution in [3.05, 3.63) is 93.4 Å². The summed E-state index contributed by atoms with van der Waals surface area (Å²) in [5.74, 6) is 0.826. The molecule has 0 spiro atoms. The number of hydrogen-bond acceptors (Lipinski definition) is 3. The van der Waals surface area contributed by atoms with Crippen LogP contribution in [-0.2, 0) is 0 Å². The van der Waals surface area contributed by atoms with Crippen molar-refractivity contribution in [2.75, 3.05) is 7.11 Å². The predicted molar refractivity (Wildman–Crippen MR) is 146 cm³/mol. The molecule has 6 rings (SSSR count). The fraction of sp³-hybridized carbons (Fsp3) is 0.0714. The van der Waals surface area contributed by atoms with Gasteiger partial charge in [0, 0.05) is 30.7 Å². The second kappa shape index (κ2) is 8.22. The van der Waals surface area contributed by atoms with Gasteiger partial charge in [-0.25, -0.2) is 9.67 Å². The lowest BCUT2D eigenvalue weighted by atomic mass is 10.00. The molecule has 0 aliphatic carbocycles. The van der Waals surface area contributed by atoms with Crippen LogP contribution in [0.2, 0.25) is 0 Å². The number of benzene rings is 4. The minimum absolute atomic E-state index is 0.826. The number of nitrogens with zero attached hydrogens (tertiary/aromatic N) is 3. The summed E-state index contributed by atoms with van der Waals surface area (Å²) >= 11 is 7.32. The molecule has 0 saturated heterocycles. The second-order valence-corrected chi connectivity index (χ2v) is 9.97. The highest BCUT2D eigenvalue weighted by atomic mass is 79.9. The number of hydrogen-bond donors (Lipinski definition) is 0. The van der Waals surface area contributed by atoms with E-state index in [0.717, 1.165) is 69.9 Å². The molecule has 4 nitrogen and oxygen atoms in total. The third kappa shape index (κ3) is 3.32. The van der Waals surface area contributed by atoms with Crippen LogP contribution in [0.5, 0.6) is 5.75 Å². The van der Waals surface area contributed by atoms with Gasteiger partial charge in [0.25, 0.3) is 0 Å². The molecule has 6 heteroatoms. The smallest absolute Gasteiger partial charge is 0.118 e. The molecular formula is C28H19Br2N3O. The highest BCUT2D eigenvalue weighted by molar-refractivity contribution is 9.11. The van der Waals surface area contributed by atoms with Crippen molar-refractivity contribution in [2.24, 2.45) is 0 Å². The fourth-order valence-electron chi connectivity index (χ4n) is 4.61. The van der Waals surface area contributed by atoms with Crippen molar-refractivity contribution in [3.8, 4) is 22.7 Å². The van der Waals surface area contributed by atoms with Crippen molar-refractivity contribution >= 4 is 64.6 Å². The van der Waals surface area contributed by atoms with Gasteiger partial charge in [-0.15, -0.1) is 0 Å². The van der Waals surface area contributed by atoms with E-state index in [0.29, 0.717) is 0 Å². The van der Waals surface area contributed by atoms with Crippen LogP contribution in [0.1, 0.15) is 5.56 Å². The Bertz CT molecular complexity index is 1710. The van der Waals surface area contributed by atoms with Gasteiger partial charge in [-0.05, 0) is 89.1 Å². The highest BCUT2D eigenvalue weighted by Crippen LogP contribution is 2.39. The summed E-state index contributed by atoms with van der Waals surface area (Å²) in [5, 5.41) is 8.42. The Morgan fingerprint density at radius 2 is 1.59 bits per heavy atom. The van der Waals surface area contributed by atoms with E-state index in [9.17, 15) is 0 Å². The maximum atomic E-state index is 5.38. The molecule has 0 unspecified atom stereocenters. The Morgan fingerprint density at radius 1 is 0.824 bits per heavy atom. The molecule has 0 N–H and O–H groups in total. The lowest BCUT2D eigenvalue weighted by Crippen LogP contribution is -1.98. The number of fused-ring (bicyclic) bond motifs is 4. The summed E-state index contributed by atoms with van der Waals surface area (Å²) in [7, 11) is 1.68. The van der Waals surface area contributed by atoms with Crippen molar-refractivity contribution in [1.82, 2.24) is 14.8 Å². The molecule has 0 radical (unpaired) electrons. The summed E-state index contributed by atoms with van der Waals surface area (Å²) in [6, 6.07) is 26.8. The molecule has 6 aromatic rings. The lowest BCUT2D eigenvalue weighted by molar-refractivity contribution is 0.415. The van der Waals surface area contributed by atoms with Crippen LogP contribution in [0.15, 0.2) is 87.8 Å². The first kappa shape index (κ1) is 21.3. The minimum atomic E-state index is 0.826. The van der Waals surface area contributed by atoms with Gasteiger partial charge in [0.15, 0.2) is 0 Å². The van der Waals surface area contributed by atoms with Crippen LogP contribution >= 0.6 is 31.9 Å². The van der Waals surface area contributed by atoms with Gasteiger partial charge in [-0.2, -0.15) is 5.10 Å². The molecule has 0 bridgehead atoms. The maximum Gasteiger partial charge on any atom is 0.118 e. The molecule has 34 heavy (non-hydrogen) atoms. The molecule has 0 aliphatic rings. The molecule has 166 valence electrons. The molecule has 4 aromatic carbocycles. The van der Waals surface area contributed by atoms with E-state index in [4.69, 9.17) is 14.8 Å². The Balaban J connectivity index is 1.75. The zero-order chi connectivity index (χ0) is 23.4. The van der Waals surface area contributed by atoms with Crippen LogP contribution < -0.4 is 4.74 Å². The Hall–Kier alpha value is -3.22. The number of para-hydroxylation sites is 1. The van der Waals surface area contributed by atoms with Gasteiger partial charge < -0.3 is 4.74 Å². The third-order valence-electron chi connectivity index (χ3n) is 6.23. The van der Waals surface area contributed by atoms with Crippen molar-refractivity contribution in [2.45, 2.75) is 6.92 Å². The quantitative estimate of drug-likeness (QED) is 0.200. The minimum Gasteiger partial charge on any atom is -0.497 e. The largest absolute Gasteiger partial charge is 0.497 e. The maximum absolute atomic E-state index is 5.38. The van der Waals surface area contributed by atoms with E-state index < -0.39 is 0 Å². The summed E-state index contributed by atoms with van der Waals surface area (Å²) in [6.07, 6.45) is 0. The van der Waals surface area contributed by atoms with E-state index in [1.54, 1.807) is 7.11 Å². The Morgan fingerprint density at radius 3 is 2.32 bits per heavy atom. The number of rotatable bonds is 3. The molecule has 0 aliphatic heterocycles. The van der Waals surface area contributed by atoms with Gasteiger partial charge in [0.05, 0.1) is 29.5 Å². The molecule has 0 amide bonds. The number of pyridine rings is 1. The number of halogens is 2. The van der Waals surface area contributed by atoms with E-state index in [-0.39, 0.29) is 0 Å². The summed E-state index contributed by atoms with van der Waals surface area (Å²) in [4.78, 5) is 5.00. The predicted octanol–water partition coefficient (Wildman–Crippen LogP) is 8.24. The van der Waals surface area contributed by atoms with E-state index in [1.807, 2.05) is 41.1 Å². The molecule has 0 saturated carbocycles. The monoisotopic (exact) mass is 571 g/mol. The standard InChI is InChI=1S/C28H19Br2N3O/c1-16-22-14-18(29)15-23(30)26(22)31-24-13-12-21-27(25(16)24)32-33(19-6-4-3-5-7-19)28(21)17-8-10-20(34-2)11-9-17/h3-15H,1-2H3. The van der Waals surface area contributed by atoms with Gasteiger partial charge in [-0.1, -0.05) is 34.1 Å². The fourth-order valence-corrected chi connectivity index (χ4v) is 5.92. The number of methoxy groups -OCH3 is 1. The van der Waals surface area contributed by atoms with Crippen LogP contribution in [-0.4, -0.2) is 21.9 Å². The van der Waals surface area contributed by atoms with E-state index in [1.165, 1.54) is 0 Å². The average Bonchev–Trinajstić information content (AvgIpc) is 3.25. The highest BCUT2D eigenvalue weighted by Gasteiger charge is 2.20. The Labute approximate surface area is 213 Å². The SMILES string of the molecule is COc1ccc(-c2c3ccc4nc5c(Br)cc(Br)cc5c(C)c4c3nn2-c2ccccc2)cc1. The van der Waals surface area contributed by atoms with Crippen molar-refractivity contribution < 1.29 is 4.74 Å². The summed E-state index contributed by atoms with van der Waals surface area (Å²) in [5.41, 5.74) is 7.10. The summed E-state index contributed by atoms with van der Waals surface area (Å²) < 4.78 is 9.40. The lowest BCUT2D eigenvalue weighted by Gasteiger charge is -2.10. The van der Waals surface area contributed by atoms with E-state index >= 15 is 0 Å². The van der Waals surface area contributed by atoms with Crippen molar-refractivity contribution in [3.63, 3.8) is 0 Å². The first-order valence-corrected chi connectivity index (χ1v) is 12.4. The van der Waals surface area contributed by atoms with Gasteiger partial charge >= 0.3 is 0 Å². The van der Waals surface area contributed by atoms with Gasteiger partial charge in [0.1, 0.15) is 11.3 Å². The zero-order valence-electron chi connectivity index (χ0n) is 18.5. The van der Waals surface area contributed by atoms with Crippen LogP contribution in [0.25, 0.3) is 49.7 Å². The number of aromatic nitrogens is 3. The Kier molecular flexibility index (Phi) is 5.15. The molecule has 2 heterocycles. The first-order valence-electron chi connectivity index (χ1n) is 10.9. The third-order valence-corrected chi connectivity index (χ3v) is 7.29. The second-order valence-electron chi connectivity index (χ2n) is 8.20.